The molecule has 0 bridgehead atoms. The van der Waals surface area contributed by atoms with Gasteiger partial charge in [-0.2, -0.15) is 0 Å². The molecule has 0 aromatic rings. The van der Waals surface area contributed by atoms with Gasteiger partial charge in [-0.25, -0.2) is 0 Å². The molecule has 0 aromatic heterocycles. The average molecular weight is 423 g/mol. The third kappa shape index (κ3) is 12.5. The predicted octanol–water partition coefficient (Wildman–Crippen LogP) is 5.52. The number of ketones is 1. The van der Waals surface area contributed by atoms with Crippen molar-refractivity contribution in [3.63, 3.8) is 0 Å². The van der Waals surface area contributed by atoms with Crippen molar-refractivity contribution in [2.45, 2.75) is 91.4 Å². The van der Waals surface area contributed by atoms with Gasteiger partial charge in [0.2, 0.25) is 0 Å². The van der Waals surface area contributed by atoms with Crippen LogP contribution in [-0.2, 0) is 4.79 Å². The second-order valence-corrected chi connectivity index (χ2v) is 8.74. The molecule has 1 aliphatic rings. The van der Waals surface area contributed by atoms with Crippen molar-refractivity contribution in [1.29, 1.82) is 0 Å². The molecular formula is C26H46O4. The summed E-state index contributed by atoms with van der Waals surface area (Å²) in [5.74, 6) is -0.273. The summed E-state index contributed by atoms with van der Waals surface area (Å²) in [6.07, 6.45) is 18.1. The lowest BCUT2D eigenvalue weighted by atomic mass is 9.76. The van der Waals surface area contributed by atoms with Crippen molar-refractivity contribution in [2.24, 2.45) is 11.3 Å². The smallest absolute Gasteiger partial charge is 0.158 e. The summed E-state index contributed by atoms with van der Waals surface area (Å²) in [7, 11) is 0. The Kier molecular flexibility index (Phi) is 16.7. The fourth-order valence-corrected chi connectivity index (χ4v) is 3.86. The van der Waals surface area contributed by atoms with Gasteiger partial charge in [0, 0.05) is 24.4 Å². The number of carbonyl (C=O) groups excluding carboxylic acids is 1. The van der Waals surface area contributed by atoms with E-state index < -0.39 is 0 Å². The van der Waals surface area contributed by atoms with Crippen LogP contribution in [0.4, 0.5) is 0 Å². The fourth-order valence-electron chi connectivity index (χ4n) is 3.86. The number of carbonyl (C=O) groups is 1. The molecule has 2 unspecified atom stereocenters. The van der Waals surface area contributed by atoms with Crippen LogP contribution in [-0.4, -0.2) is 40.9 Å². The number of allylic oxidation sites excluding steroid dienone is 4. The summed E-state index contributed by atoms with van der Waals surface area (Å²) < 4.78 is 0. The van der Waals surface area contributed by atoms with Crippen LogP contribution in [0.15, 0.2) is 36.0 Å². The minimum absolute atomic E-state index is 0.0245. The summed E-state index contributed by atoms with van der Waals surface area (Å²) in [4.78, 5) is 12.1. The number of rotatable bonds is 13. The number of Topliss-reactive ketones (excluding diaryl/α,β-unsaturated/α-hetero) is 1. The highest BCUT2D eigenvalue weighted by molar-refractivity contribution is 5.95. The average Bonchev–Trinajstić information content (AvgIpc) is 2.73. The summed E-state index contributed by atoms with van der Waals surface area (Å²) in [6.45, 7) is 9.67. The molecule has 2 atom stereocenters. The molecule has 0 saturated carbocycles. The van der Waals surface area contributed by atoms with Crippen LogP contribution in [0.3, 0.4) is 0 Å². The first-order valence-corrected chi connectivity index (χ1v) is 11.7. The second kappa shape index (κ2) is 17.5. The molecule has 4 nitrogen and oxygen atoms in total. The van der Waals surface area contributed by atoms with Gasteiger partial charge < -0.3 is 15.3 Å². The minimum atomic E-state index is -0.319. The molecule has 0 radical (unpaired) electrons. The van der Waals surface area contributed by atoms with Gasteiger partial charge in [0.15, 0.2) is 5.78 Å². The molecule has 1 aliphatic carbocycles. The fraction of sp³-hybridized carbons (Fsp3) is 0.731. The first-order valence-electron chi connectivity index (χ1n) is 11.7. The summed E-state index contributed by atoms with van der Waals surface area (Å²) >= 11 is 0. The van der Waals surface area contributed by atoms with Gasteiger partial charge in [-0.15, -0.1) is 6.58 Å². The molecule has 0 aliphatic heterocycles. The van der Waals surface area contributed by atoms with E-state index in [2.05, 4.69) is 13.5 Å². The van der Waals surface area contributed by atoms with E-state index in [9.17, 15) is 15.0 Å². The van der Waals surface area contributed by atoms with Crippen LogP contribution in [0.1, 0.15) is 91.4 Å². The van der Waals surface area contributed by atoms with Gasteiger partial charge in [-0.1, -0.05) is 70.6 Å². The molecule has 0 amide bonds. The first-order chi connectivity index (χ1) is 14.4. The number of hydrogen-bond donors (Lipinski definition) is 3. The van der Waals surface area contributed by atoms with E-state index >= 15 is 0 Å². The van der Waals surface area contributed by atoms with Gasteiger partial charge in [-0.3, -0.25) is 4.79 Å². The number of hydrogen-bond acceptors (Lipinski definition) is 4. The zero-order chi connectivity index (χ0) is 22.8. The quantitative estimate of drug-likeness (QED) is 0.269. The first kappa shape index (κ1) is 28.8. The Bertz CT molecular complexity index is 535. The molecule has 0 heterocycles. The summed E-state index contributed by atoms with van der Waals surface area (Å²) in [5.41, 5.74) is 1.13. The lowest BCUT2D eigenvalue weighted by Gasteiger charge is -2.29. The monoisotopic (exact) mass is 422 g/mol. The van der Waals surface area contributed by atoms with Crippen LogP contribution in [0.25, 0.3) is 0 Å². The van der Waals surface area contributed by atoms with Crippen molar-refractivity contribution in [3.05, 3.63) is 36.0 Å². The van der Waals surface area contributed by atoms with Crippen molar-refractivity contribution in [2.75, 3.05) is 19.8 Å². The van der Waals surface area contributed by atoms with E-state index in [1.165, 1.54) is 44.9 Å². The minimum Gasteiger partial charge on any atom is -0.396 e. The molecule has 1 rings (SSSR count). The van der Waals surface area contributed by atoms with Gasteiger partial charge in [-0.05, 0) is 43.8 Å². The van der Waals surface area contributed by atoms with E-state index in [4.69, 9.17) is 5.11 Å². The second-order valence-electron chi connectivity index (χ2n) is 8.74. The molecular weight excluding hydrogens is 376 g/mol. The van der Waals surface area contributed by atoms with Crippen LogP contribution in [0.5, 0.6) is 0 Å². The largest absolute Gasteiger partial charge is 0.396 e. The highest BCUT2D eigenvalue weighted by Gasteiger charge is 2.27. The van der Waals surface area contributed by atoms with Crippen molar-refractivity contribution in [3.8, 4) is 0 Å². The maximum atomic E-state index is 12.1. The van der Waals surface area contributed by atoms with Crippen molar-refractivity contribution in [1.82, 2.24) is 0 Å². The predicted molar refractivity (Wildman–Crippen MR) is 126 cm³/mol. The molecule has 0 saturated heterocycles. The maximum absolute atomic E-state index is 12.1. The zero-order valence-corrected chi connectivity index (χ0v) is 19.7. The van der Waals surface area contributed by atoms with Gasteiger partial charge in [0.05, 0.1) is 13.2 Å². The van der Waals surface area contributed by atoms with E-state index in [0.29, 0.717) is 5.57 Å². The zero-order valence-electron chi connectivity index (χ0n) is 19.7. The Morgan fingerprint density at radius 1 is 1.07 bits per heavy atom. The highest BCUT2D eigenvalue weighted by Crippen LogP contribution is 2.35. The van der Waals surface area contributed by atoms with E-state index in [0.717, 1.165) is 24.8 Å². The van der Waals surface area contributed by atoms with Gasteiger partial charge in [0.1, 0.15) is 0 Å². The highest BCUT2D eigenvalue weighted by atomic mass is 16.3. The Morgan fingerprint density at radius 3 is 2.30 bits per heavy atom. The normalized spacial score (nSPS) is 25.1. The van der Waals surface area contributed by atoms with Crippen LogP contribution >= 0.6 is 0 Å². The standard InChI is InChI=1S/C16H26O4.C10H20/c1-12-8-16(2,5-3-4-6-17)9-14(11-19)13(10-18)7-15(12)20;1-3-5-7-9-10-8-6-4-2/h8-9,13,17-19H,3-7,10-11H2,1-2H3;3H,1,4-10H2,2H3/b12-8-,14-9-;. The van der Waals surface area contributed by atoms with Crippen molar-refractivity contribution >= 4 is 5.78 Å². The Labute approximate surface area is 184 Å². The molecule has 0 spiro atoms. The number of aliphatic hydroxyl groups excluding tert-OH is 3. The molecule has 30 heavy (non-hydrogen) atoms. The summed E-state index contributed by atoms with van der Waals surface area (Å²) in [5, 5.41) is 27.8. The molecule has 0 fully saturated rings. The summed E-state index contributed by atoms with van der Waals surface area (Å²) in [6, 6.07) is 0. The third-order valence-electron chi connectivity index (χ3n) is 5.75. The molecule has 3 N–H and O–H groups in total. The molecule has 0 aromatic carbocycles. The van der Waals surface area contributed by atoms with E-state index in [1.807, 2.05) is 25.2 Å². The van der Waals surface area contributed by atoms with Gasteiger partial charge in [0.25, 0.3) is 0 Å². The topological polar surface area (TPSA) is 77.8 Å². The third-order valence-corrected chi connectivity index (χ3v) is 5.75. The van der Waals surface area contributed by atoms with Crippen LogP contribution in [0, 0.1) is 11.3 Å². The maximum Gasteiger partial charge on any atom is 0.158 e. The van der Waals surface area contributed by atoms with Crippen molar-refractivity contribution < 1.29 is 20.1 Å². The number of unbranched alkanes of at least 4 members (excludes halogenated alkanes) is 7. The van der Waals surface area contributed by atoms with E-state index in [-0.39, 0.29) is 43.4 Å². The Morgan fingerprint density at radius 2 is 1.73 bits per heavy atom. The van der Waals surface area contributed by atoms with Crippen LogP contribution < -0.4 is 0 Å². The van der Waals surface area contributed by atoms with E-state index in [1.54, 1.807) is 6.92 Å². The van der Waals surface area contributed by atoms with Gasteiger partial charge >= 0.3 is 0 Å². The SMILES string of the molecule is C/C1=C/C(C)(CCCCO)/C=C(/CO)C(CO)CC1=O.C=CCCCCCCCC. The number of aliphatic hydroxyl groups is 3. The Balaban J connectivity index is 0.000000710. The lowest BCUT2D eigenvalue weighted by Crippen LogP contribution is -2.24. The molecule has 174 valence electrons. The molecule has 4 heteroatoms. The Hall–Kier alpha value is -1.23. The lowest BCUT2D eigenvalue weighted by molar-refractivity contribution is -0.116. The van der Waals surface area contributed by atoms with Crippen LogP contribution in [0.2, 0.25) is 0 Å².